The number of ether oxygens (including phenoxy) is 1. The van der Waals surface area contributed by atoms with Crippen molar-refractivity contribution in [2.45, 2.75) is 128 Å². The number of imidazole rings is 2. The first-order valence-electron chi connectivity index (χ1n) is 28.7. The molecule has 6 aliphatic heterocycles. The van der Waals surface area contributed by atoms with E-state index in [0.29, 0.717) is 70.3 Å². The maximum Gasteiger partial charge on any atom is 0.410 e. The molecule has 6 aliphatic rings. The molecule has 8 aromatic rings. The van der Waals surface area contributed by atoms with Crippen LogP contribution in [0.1, 0.15) is 138 Å². The predicted molar refractivity (Wildman–Crippen MR) is 310 cm³/mol. The highest BCUT2D eigenvalue weighted by molar-refractivity contribution is 7.14. The largest absolute Gasteiger partial charge is 0.444 e. The Kier molecular flexibility index (Phi) is 15.0. The highest BCUT2D eigenvalue weighted by Gasteiger charge is 2.44. The molecule has 6 aromatic heterocycles. The zero-order valence-corrected chi connectivity index (χ0v) is 48.7. The van der Waals surface area contributed by atoms with Crippen LogP contribution in [0.4, 0.5) is 23.8 Å². The Balaban J connectivity index is 0.000000160. The summed E-state index contributed by atoms with van der Waals surface area (Å²) < 4.78 is 44.6. The van der Waals surface area contributed by atoms with Crippen LogP contribution in [0.3, 0.4) is 0 Å². The maximum atomic E-state index is 15.7. The number of carbonyl (C=O) groups excluding carboxylic acids is 5. The first-order valence-corrected chi connectivity index (χ1v) is 30.4. The van der Waals surface area contributed by atoms with Crippen molar-refractivity contribution >= 4 is 62.7 Å². The maximum absolute atomic E-state index is 15.7. The Bertz CT molecular complexity index is 3850. The van der Waals surface area contributed by atoms with Crippen molar-refractivity contribution in [3.63, 3.8) is 0 Å². The van der Waals surface area contributed by atoms with E-state index in [9.17, 15) is 24.0 Å². The van der Waals surface area contributed by atoms with E-state index in [-0.39, 0.29) is 47.5 Å². The number of rotatable bonds is 12. The molecule has 26 heteroatoms. The number of thiazole rings is 2. The van der Waals surface area contributed by atoms with Gasteiger partial charge < -0.3 is 33.9 Å². The summed E-state index contributed by atoms with van der Waals surface area (Å²) in [7, 11) is 0. The molecule has 14 rings (SSSR count). The molecule has 5 amide bonds. The lowest BCUT2D eigenvalue weighted by atomic mass is 10.0. The Morgan fingerprint density at radius 2 is 1.12 bits per heavy atom. The summed E-state index contributed by atoms with van der Waals surface area (Å²) in [4.78, 5) is 89.6. The average molecular weight is 1190 g/mol. The van der Waals surface area contributed by atoms with Crippen LogP contribution in [-0.2, 0) is 53.3 Å². The van der Waals surface area contributed by atoms with E-state index in [2.05, 4.69) is 46.1 Å². The molecule has 3 N–H and O–H groups in total. The zero-order valence-electron chi connectivity index (χ0n) is 47.0. The van der Waals surface area contributed by atoms with E-state index in [1.165, 1.54) is 44.6 Å². The monoisotopic (exact) mass is 1190 g/mol. The number of piperidine rings is 2. The summed E-state index contributed by atoms with van der Waals surface area (Å²) in [6.07, 6.45) is 20.2. The summed E-state index contributed by atoms with van der Waals surface area (Å²) in [6.45, 7) is 10.1. The van der Waals surface area contributed by atoms with Gasteiger partial charge in [0.15, 0.2) is 22.3 Å². The van der Waals surface area contributed by atoms with Gasteiger partial charge in [0.2, 0.25) is 0 Å². The standard InChI is InChI=1S/C32H35FN8O4S.C27H27FN8O2S/c1-32(2,3)45-31(44)38-10-6-21(7-11-38)41-16-20(15-36-41)19-13-22-23(24(33)14-19)17-40(29(22)43)27(28(42)37-30-34-8-12-46-30)26-25-5-4-9-39(25)18-35-26;28-21-11-16(17-12-32-36(13-17)18-3-5-29-6-4-18)10-19-20(21)14-35(26(19)38)24(25(37)33-27-30-7-9-39-27)23-22-2-1-8-34(22)15-31-23/h8,12-16,18,21,27H,4-7,9-11,17H2,1-3H3,(H,34,37,42);7,9-13,15,18,24,29H,1-6,8,14H2,(H,30,33,37). The molecule has 440 valence electrons. The van der Waals surface area contributed by atoms with E-state index in [4.69, 9.17) is 4.74 Å². The van der Waals surface area contributed by atoms with Gasteiger partial charge in [0.05, 0.1) is 61.6 Å². The van der Waals surface area contributed by atoms with Gasteiger partial charge in [0.1, 0.15) is 17.2 Å². The van der Waals surface area contributed by atoms with Gasteiger partial charge in [0.25, 0.3) is 23.6 Å². The number of benzene rings is 2. The van der Waals surface area contributed by atoms with Crippen molar-refractivity contribution in [1.29, 1.82) is 0 Å². The van der Waals surface area contributed by atoms with Crippen molar-refractivity contribution in [2.75, 3.05) is 36.8 Å². The molecule has 22 nitrogen and oxygen atoms in total. The van der Waals surface area contributed by atoms with Crippen LogP contribution in [0.2, 0.25) is 0 Å². The minimum Gasteiger partial charge on any atom is -0.444 e. The number of aryl methyl sites for hydroxylation is 2. The van der Waals surface area contributed by atoms with Crippen molar-refractivity contribution in [1.82, 2.24) is 68.6 Å². The number of aromatic nitrogens is 10. The number of likely N-dealkylation sites (tertiary alicyclic amines) is 1. The summed E-state index contributed by atoms with van der Waals surface area (Å²) >= 11 is 2.57. The van der Waals surface area contributed by atoms with Crippen LogP contribution in [-0.4, -0.2) is 125 Å². The van der Waals surface area contributed by atoms with Gasteiger partial charge in [-0.3, -0.25) is 39.2 Å². The fourth-order valence-corrected chi connectivity index (χ4v) is 13.5. The molecule has 12 heterocycles. The van der Waals surface area contributed by atoms with Crippen LogP contribution in [0, 0.1) is 11.6 Å². The number of nitrogens with zero attached hydrogens (tertiary/aromatic N) is 13. The van der Waals surface area contributed by atoms with Gasteiger partial charge in [-0.2, -0.15) is 10.2 Å². The van der Waals surface area contributed by atoms with Gasteiger partial charge in [0, 0.05) is 106 Å². The molecule has 2 fully saturated rings. The Morgan fingerprint density at radius 1 is 0.647 bits per heavy atom. The molecule has 0 aliphatic carbocycles. The number of nitrogens with one attached hydrogen (secondary N) is 3. The molecule has 0 radical (unpaired) electrons. The molecule has 2 unspecified atom stereocenters. The molecule has 0 spiro atoms. The minimum absolute atomic E-state index is 0.0170. The number of carbonyl (C=O) groups is 5. The van der Waals surface area contributed by atoms with E-state index in [1.807, 2.05) is 51.7 Å². The summed E-state index contributed by atoms with van der Waals surface area (Å²) in [6, 6.07) is 4.59. The number of hydrogen-bond acceptors (Lipinski definition) is 15. The highest BCUT2D eigenvalue weighted by Crippen LogP contribution is 2.41. The zero-order chi connectivity index (χ0) is 58.7. The lowest BCUT2D eigenvalue weighted by Crippen LogP contribution is -2.42. The number of anilines is 2. The second-order valence-corrected chi connectivity index (χ2v) is 24.9. The second-order valence-electron chi connectivity index (χ2n) is 23.1. The third kappa shape index (κ3) is 11.0. The quantitative estimate of drug-likeness (QED) is 0.104. The molecule has 2 atom stereocenters. The normalized spacial score (nSPS) is 17.5. The average Bonchev–Trinajstić information content (AvgIpc) is 2.63. The van der Waals surface area contributed by atoms with E-state index < -0.39 is 52.9 Å². The van der Waals surface area contributed by atoms with Gasteiger partial charge in [-0.1, -0.05) is 0 Å². The van der Waals surface area contributed by atoms with Gasteiger partial charge >= 0.3 is 6.09 Å². The minimum atomic E-state index is -1.05. The van der Waals surface area contributed by atoms with Crippen LogP contribution in [0.25, 0.3) is 22.3 Å². The van der Waals surface area contributed by atoms with Crippen LogP contribution >= 0.6 is 22.7 Å². The van der Waals surface area contributed by atoms with E-state index in [1.54, 1.807) is 65.2 Å². The SMILES string of the molecule is CC(C)(C)OC(=O)N1CCC(n2cc(-c3cc(F)c4c(c3)C(=O)N(C(C(=O)Nc3nccs3)c3ncn5c3CCC5)C4)cn2)CC1.O=C(Nc1nccs1)C(c1ncn2c1CCC2)N1Cc2c(F)cc(-c3cnn(C4CCNCC4)c3)cc2C1=O. The fourth-order valence-electron chi connectivity index (χ4n) is 12.4. The molecule has 2 saturated heterocycles. The fraction of sp³-hybridized carbons (Fsp3) is 0.407. The lowest BCUT2D eigenvalue weighted by molar-refractivity contribution is -0.121. The van der Waals surface area contributed by atoms with Crippen molar-refractivity contribution < 1.29 is 37.5 Å². The first-order chi connectivity index (χ1) is 41.1. The van der Waals surface area contributed by atoms with Gasteiger partial charge in [-0.25, -0.2) is 33.5 Å². The highest BCUT2D eigenvalue weighted by atomic mass is 32.1. The molecule has 85 heavy (non-hydrogen) atoms. The molecular weight excluding hydrogens is 1130 g/mol. The Morgan fingerprint density at radius 3 is 1.56 bits per heavy atom. The lowest BCUT2D eigenvalue weighted by Gasteiger charge is -2.33. The number of halogens is 2. The molecule has 0 bridgehead atoms. The third-order valence-electron chi connectivity index (χ3n) is 16.6. The van der Waals surface area contributed by atoms with Crippen LogP contribution in [0.15, 0.2) is 84.9 Å². The number of fused-ring (bicyclic) bond motifs is 4. The smallest absolute Gasteiger partial charge is 0.410 e. The van der Waals surface area contributed by atoms with E-state index in [0.717, 1.165) is 81.7 Å². The van der Waals surface area contributed by atoms with Crippen molar-refractivity contribution in [2.24, 2.45) is 0 Å². The van der Waals surface area contributed by atoms with E-state index >= 15 is 8.78 Å². The third-order valence-corrected chi connectivity index (χ3v) is 18.0. The summed E-state index contributed by atoms with van der Waals surface area (Å²) in [5.74, 6) is -2.67. The number of amides is 5. The molecule has 2 aromatic carbocycles. The van der Waals surface area contributed by atoms with Gasteiger partial charge in [-0.05, 0) is 121 Å². The topological polar surface area (TPSA) is 237 Å². The van der Waals surface area contributed by atoms with Crippen molar-refractivity contribution in [3.05, 3.63) is 142 Å². The molecular formula is C59H62F2N16O6S2. The van der Waals surface area contributed by atoms with Crippen LogP contribution in [0.5, 0.6) is 0 Å². The summed E-state index contributed by atoms with van der Waals surface area (Å²) in [5.41, 5.74) is 5.90. The first kappa shape index (κ1) is 55.7. The van der Waals surface area contributed by atoms with Gasteiger partial charge in [-0.15, -0.1) is 22.7 Å². The summed E-state index contributed by atoms with van der Waals surface area (Å²) in [5, 5.41) is 22.4. The Labute approximate surface area is 495 Å². The van der Waals surface area contributed by atoms with Crippen molar-refractivity contribution in [3.8, 4) is 22.3 Å². The predicted octanol–water partition coefficient (Wildman–Crippen LogP) is 8.74. The van der Waals surface area contributed by atoms with Crippen LogP contribution < -0.4 is 16.0 Å². The Hall–Kier alpha value is -8.49. The number of hydrogen-bond donors (Lipinski definition) is 3. The molecule has 0 saturated carbocycles. The second kappa shape index (κ2) is 22.8.